The number of hydrogen-bond donors (Lipinski definition) is 0. The maximum absolute atomic E-state index is 12.9. The van der Waals surface area contributed by atoms with Crippen LogP contribution in [-0.2, 0) is 14.8 Å². The Kier molecular flexibility index (Phi) is 4.69. The lowest BCUT2D eigenvalue weighted by Crippen LogP contribution is -2.46. The van der Waals surface area contributed by atoms with Gasteiger partial charge in [0, 0.05) is 19.3 Å². The van der Waals surface area contributed by atoms with Crippen LogP contribution in [0.5, 0.6) is 0 Å². The smallest absolute Gasteiger partial charge is 0.245 e. The molecule has 126 valence electrons. The second-order valence-electron chi connectivity index (χ2n) is 5.82. The van der Waals surface area contributed by atoms with Crippen LogP contribution in [0.15, 0.2) is 65.6 Å². The first-order valence-corrected chi connectivity index (χ1v) is 9.35. The number of carbonyl (C=O) groups is 1. The molecule has 0 aromatic heterocycles. The molecule has 2 aromatic carbocycles. The van der Waals surface area contributed by atoms with Crippen LogP contribution in [0.3, 0.4) is 0 Å². The highest BCUT2D eigenvalue weighted by molar-refractivity contribution is 7.89. The standard InChI is InChI=1S/C18H20N2O3S/c1-19(15-9-4-2-5-10-15)18(21)17-13-8-14-20(17)24(22,23)16-11-6-3-7-12-16/h2-7,9-12,17H,8,13-14H2,1H3. The summed E-state index contributed by atoms with van der Waals surface area (Å²) < 4.78 is 27.1. The van der Waals surface area contributed by atoms with Gasteiger partial charge in [0.05, 0.1) is 4.90 Å². The van der Waals surface area contributed by atoms with Gasteiger partial charge in [-0.1, -0.05) is 36.4 Å². The lowest BCUT2D eigenvalue weighted by molar-refractivity contribution is -0.121. The third kappa shape index (κ3) is 3.07. The molecule has 5 nitrogen and oxygen atoms in total. The molecule has 3 rings (SSSR count). The Balaban J connectivity index is 1.87. The van der Waals surface area contributed by atoms with E-state index in [0.29, 0.717) is 19.4 Å². The zero-order chi connectivity index (χ0) is 17.2. The summed E-state index contributed by atoms with van der Waals surface area (Å²) in [7, 11) is -1.98. The molecule has 1 unspecified atom stereocenters. The number of anilines is 1. The summed E-state index contributed by atoms with van der Waals surface area (Å²) >= 11 is 0. The second kappa shape index (κ2) is 6.75. The van der Waals surface area contributed by atoms with Gasteiger partial charge in [-0.3, -0.25) is 4.79 Å². The van der Waals surface area contributed by atoms with Crippen molar-refractivity contribution in [1.29, 1.82) is 0 Å². The first-order valence-electron chi connectivity index (χ1n) is 7.91. The fourth-order valence-electron chi connectivity index (χ4n) is 3.00. The van der Waals surface area contributed by atoms with E-state index in [2.05, 4.69) is 0 Å². The van der Waals surface area contributed by atoms with Crippen molar-refractivity contribution in [3.8, 4) is 0 Å². The average Bonchev–Trinajstić information content (AvgIpc) is 3.12. The molecule has 2 aromatic rings. The average molecular weight is 344 g/mol. The SMILES string of the molecule is CN(C(=O)C1CCCN1S(=O)(=O)c1ccccc1)c1ccccc1. The normalized spacial score (nSPS) is 18.5. The van der Waals surface area contributed by atoms with Crippen LogP contribution < -0.4 is 4.90 Å². The minimum Gasteiger partial charge on any atom is -0.314 e. The third-order valence-corrected chi connectivity index (χ3v) is 6.24. The van der Waals surface area contributed by atoms with E-state index in [1.54, 1.807) is 37.4 Å². The Morgan fingerprint density at radius 1 is 1.04 bits per heavy atom. The number of benzene rings is 2. The summed E-state index contributed by atoms with van der Waals surface area (Å²) in [5.41, 5.74) is 0.756. The lowest BCUT2D eigenvalue weighted by Gasteiger charge is -2.27. The number of likely N-dealkylation sites (N-methyl/N-ethyl adjacent to an activating group) is 1. The maximum Gasteiger partial charge on any atom is 0.245 e. The summed E-state index contributed by atoms with van der Waals surface area (Å²) in [5, 5.41) is 0. The van der Waals surface area contributed by atoms with Crippen molar-refractivity contribution in [1.82, 2.24) is 4.31 Å². The van der Waals surface area contributed by atoms with E-state index < -0.39 is 16.1 Å². The van der Waals surface area contributed by atoms with Gasteiger partial charge in [0.25, 0.3) is 0 Å². The van der Waals surface area contributed by atoms with Gasteiger partial charge in [0.2, 0.25) is 15.9 Å². The molecular formula is C18H20N2O3S. The van der Waals surface area contributed by atoms with Crippen molar-refractivity contribution in [3.05, 3.63) is 60.7 Å². The molecule has 0 N–H and O–H groups in total. The molecule has 6 heteroatoms. The Bertz CT molecular complexity index is 807. The van der Waals surface area contributed by atoms with E-state index in [0.717, 1.165) is 5.69 Å². The first-order chi connectivity index (χ1) is 11.5. The van der Waals surface area contributed by atoms with Crippen LogP contribution in [0.25, 0.3) is 0 Å². The van der Waals surface area contributed by atoms with Gasteiger partial charge in [-0.15, -0.1) is 0 Å². The van der Waals surface area contributed by atoms with E-state index in [-0.39, 0.29) is 10.8 Å². The molecule has 1 atom stereocenters. The zero-order valence-corrected chi connectivity index (χ0v) is 14.3. The Hall–Kier alpha value is -2.18. The van der Waals surface area contributed by atoms with Crippen molar-refractivity contribution in [3.63, 3.8) is 0 Å². The fraction of sp³-hybridized carbons (Fsp3) is 0.278. The van der Waals surface area contributed by atoms with Crippen molar-refractivity contribution in [2.24, 2.45) is 0 Å². The van der Waals surface area contributed by atoms with Crippen LogP contribution in [0.1, 0.15) is 12.8 Å². The van der Waals surface area contributed by atoms with Gasteiger partial charge in [-0.25, -0.2) is 8.42 Å². The van der Waals surface area contributed by atoms with Crippen LogP contribution in [0.2, 0.25) is 0 Å². The van der Waals surface area contributed by atoms with Gasteiger partial charge < -0.3 is 4.90 Å². The monoisotopic (exact) mass is 344 g/mol. The fourth-order valence-corrected chi connectivity index (χ4v) is 4.68. The van der Waals surface area contributed by atoms with Gasteiger partial charge in [0.15, 0.2) is 0 Å². The summed E-state index contributed by atoms with van der Waals surface area (Å²) in [6, 6.07) is 16.9. The van der Waals surface area contributed by atoms with E-state index in [1.807, 2.05) is 30.3 Å². The van der Waals surface area contributed by atoms with Crippen LogP contribution >= 0.6 is 0 Å². The summed E-state index contributed by atoms with van der Waals surface area (Å²) in [6.45, 7) is 0.371. The van der Waals surface area contributed by atoms with E-state index in [9.17, 15) is 13.2 Å². The number of carbonyl (C=O) groups excluding carboxylic acids is 1. The molecule has 0 bridgehead atoms. The van der Waals surface area contributed by atoms with Crippen molar-refractivity contribution >= 4 is 21.6 Å². The highest BCUT2D eigenvalue weighted by atomic mass is 32.2. The molecule has 0 aliphatic carbocycles. The van der Waals surface area contributed by atoms with Crippen LogP contribution in [0, 0.1) is 0 Å². The largest absolute Gasteiger partial charge is 0.314 e. The highest BCUT2D eigenvalue weighted by Crippen LogP contribution is 2.28. The molecule has 1 aliphatic rings. The van der Waals surface area contributed by atoms with Crippen LogP contribution in [-0.4, -0.2) is 38.3 Å². The summed E-state index contributed by atoms with van der Waals surface area (Å²) in [5.74, 6) is -0.196. The van der Waals surface area contributed by atoms with Gasteiger partial charge >= 0.3 is 0 Å². The van der Waals surface area contributed by atoms with Gasteiger partial charge in [0.1, 0.15) is 6.04 Å². The Morgan fingerprint density at radius 2 is 1.62 bits per heavy atom. The molecule has 24 heavy (non-hydrogen) atoms. The molecule has 0 saturated carbocycles. The molecule has 1 fully saturated rings. The maximum atomic E-state index is 12.9. The number of amides is 1. The van der Waals surface area contributed by atoms with E-state index >= 15 is 0 Å². The van der Waals surface area contributed by atoms with Crippen molar-refractivity contribution < 1.29 is 13.2 Å². The predicted octanol–water partition coefficient (Wildman–Crippen LogP) is 2.50. The summed E-state index contributed by atoms with van der Waals surface area (Å²) in [4.78, 5) is 14.6. The molecule has 1 amide bonds. The second-order valence-corrected chi connectivity index (χ2v) is 7.71. The predicted molar refractivity (Wildman–Crippen MR) is 93.2 cm³/mol. The van der Waals surface area contributed by atoms with E-state index in [4.69, 9.17) is 0 Å². The highest BCUT2D eigenvalue weighted by Gasteiger charge is 2.40. The third-order valence-electron chi connectivity index (χ3n) is 4.31. The Morgan fingerprint density at radius 3 is 2.25 bits per heavy atom. The number of rotatable bonds is 4. The lowest BCUT2D eigenvalue weighted by atomic mass is 10.2. The molecule has 1 saturated heterocycles. The number of nitrogens with zero attached hydrogens (tertiary/aromatic N) is 2. The first kappa shape index (κ1) is 16.7. The quantitative estimate of drug-likeness (QED) is 0.856. The van der Waals surface area contributed by atoms with Gasteiger partial charge in [-0.05, 0) is 37.1 Å². The Labute approximate surface area is 142 Å². The molecule has 0 radical (unpaired) electrons. The minimum atomic E-state index is -3.66. The molecular weight excluding hydrogens is 324 g/mol. The molecule has 1 heterocycles. The zero-order valence-electron chi connectivity index (χ0n) is 13.5. The topological polar surface area (TPSA) is 57.7 Å². The van der Waals surface area contributed by atoms with Crippen molar-refractivity contribution in [2.45, 2.75) is 23.8 Å². The number of sulfonamides is 1. The molecule has 1 aliphatic heterocycles. The van der Waals surface area contributed by atoms with Crippen LogP contribution in [0.4, 0.5) is 5.69 Å². The molecule has 0 spiro atoms. The summed E-state index contributed by atoms with van der Waals surface area (Å²) in [6.07, 6.45) is 1.23. The van der Waals surface area contributed by atoms with Crippen molar-refractivity contribution in [2.75, 3.05) is 18.5 Å². The van der Waals surface area contributed by atoms with E-state index in [1.165, 1.54) is 9.21 Å². The minimum absolute atomic E-state index is 0.196. The number of hydrogen-bond acceptors (Lipinski definition) is 3. The van der Waals surface area contributed by atoms with Gasteiger partial charge in [-0.2, -0.15) is 4.31 Å². The number of para-hydroxylation sites is 1.